The molecule has 0 aromatic heterocycles. The third-order valence-corrected chi connectivity index (χ3v) is 5.50. The minimum atomic E-state index is -3.80. The molecule has 0 atom stereocenters. The van der Waals surface area contributed by atoms with Crippen molar-refractivity contribution in [3.63, 3.8) is 0 Å². The summed E-state index contributed by atoms with van der Waals surface area (Å²) in [5.74, 6) is 0.386. The summed E-state index contributed by atoms with van der Waals surface area (Å²) in [6.45, 7) is 0. The Hall–Kier alpha value is -3.09. The van der Waals surface area contributed by atoms with Gasteiger partial charge in [0, 0.05) is 10.7 Å². The number of primary sulfonamides is 1. The summed E-state index contributed by atoms with van der Waals surface area (Å²) in [7, 11) is -3.80. The lowest BCUT2D eigenvalue weighted by molar-refractivity contribution is -0.115. The molecular formula is C21H15Cl2N3O4S. The molecule has 0 bridgehead atoms. The van der Waals surface area contributed by atoms with Crippen LogP contribution in [0.3, 0.4) is 0 Å². The second kappa shape index (κ2) is 9.37. The molecule has 31 heavy (non-hydrogen) atoms. The highest BCUT2D eigenvalue weighted by Gasteiger charge is 2.11. The van der Waals surface area contributed by atoms with E-state index in [1.54, 1.807) is 24.3 Å². The molecule has 3 N–H and O–H groups in total. The first-order valence-electron chi connectivity index (χ1n) is 8.74. The molecule has 0 saturated heterocycles. The van der Waals surface area contributed by atoms with Crippen LogP contribution >= 0.6 is 23.2 Å². The van der Waals surface area contributed by atoms with Crippen molar-refractivity contribution in [1.82, 2.24) is 0 Å². The number of sulfonamides is 1. The van der Waals surface area contributed by atoms with Crippen molar-refractivity contribution in [3.8, 4) is 17.6 Å². The van der Waals surface area contributed by atoms with E-state index in [0.717, 1.165) is 0 Å². The van der Waals surface area contributed by atoms with Crippen LogP contribution in [-0.4, -0.2) is 14.3 Å². The van der Waals surface area contributed by atoms with Gasteiger partial charge in [-0.2, -0.15) is 5.26 Å². The molecule has 3 aromatic carbocycles. The molecule has 10 heteroatoms. The van der Waals surface area contributed by atoms with Crippen molar-refractivity contribution >= 4 is 44.8 Å². The first-order valence-corrected chi connectivity index (χ1v) is 11.0. The first kappa shape index (κ1) is 22.6. The van der Waals surface area contributed by atoms with E-state index in [0.29, 0.717) is 33.3 Å². The zero-order chi connectivity index (χ0) is 22.6. The van der Waals surface area contributed by atoms with E-state index >= 15 is 0 Å². The fourth-order valence-corrected chi connectivity index (χ4v) is 3.65. The molecule has 1 amide bonds. The number of nitrogens with zero attached hydrogens (tertiary/aromatic N) is 1. The first-order chi connectivity index (χ1) is 14.6. The normalized spacial score (nSPS) is 10.9. The largest absolute Gasteiger partial charge is 0.456 e. The van der Waals surface area contributed by atoms with Gasteiger partial charge in [-0.1, -0.05) is 29.3 Å². The second-order valence-electron chi connectivity index (χ2n) is 6.45. The lowest BCUT2D eigenvalue weighted by atomic mass is 10.1. The van der Waals surface area contributed by atoms with Gasteiger partial charge in [0.1, 0.15) is 11.5 Å². The molecular weight excluding hydrogens is 461 g/mol. The zero-order valence-electron chi connectivity index (χ0n) is 15.8. The molecule has 3 aromatic rings. The number of nitriles is 1. The van der Waals surface area contributed by atoms with Crippen molar-refractivity contribution in [3.05, 3.63) is 81.8 Å². The summed E-state index contributed by atoms with van der Waals surface area (Å²) >= 11 is 12.2. The SMILES string of the molecule is N#Cc1cc(Cl)cc(Oc2ccc(CC(=O)Nc3ccc(S(N)(=O)=O)cc3)cc2Cl)c1. The van der Waals surface area contributed by atoms with Crippen LogP contribution in [0.4, 0.5) is 5.69 Å². The van der Waals surface area contributed by atoms with Crippen LogP contribution in [0.15, 0.2) is 65.6 Å². The van der Waals surface area contributed by atoms with Crippen LogP contribution in [0.2, 0.25) is 10.0 Å². The maximum Gasteiger partial charge on any atom is 0.238 e. The molecule has 3 rings (SSSR count). The average Bonchev–Trinajstić information content (AvgIpc) is 2.69. The highest BCUT2D eigenvalue weighted by Crippen LogP contribution is 2.32. The monoisotopic (exact) mass is 475 g/mol. The van der Waals surface area contributed by atoms with E-state index in [-0.39, 0.29) is 22.2 Å². The Labute approximate surface area is 189 Å². The van der Waals surface area contributed by atoms with E-state index in [4.69, 9.17) is 38.3 Å². The number of rotatable bonds is 6. The molecule has 0 spiro atoms. The summed E-state index contributed by atoms with van der Waals surface area (Å²) in [4.78, 5) is 12.2. The number of nitrogens with one attached hydrogen (secondary N) is 1. The number of hydrogen-bond acceptors (Lipinski definition) is 5. The highest BCUT2D eigenvalue weighted by atomic mass is 35.5. The Kier molecular flexibility index (Phi) is 6.83. The minimum Gasteiger partial charge on any atom is -0.456 e. The number of ether oxygens (including phenoxy) is 1. The van der Waals surface area contributed by atoms with Gasteiger partial charge in [0.05, 0.1) is 28.0 Å². The number of halogens is 2. The van der Waals surface area contributed by atoms with E-state index in [1.807, 2.05) is 6.07 Å². The van der Waals surface area contributed by atoms with Gasteiger partial charge in [0.25, 0.3) is 0 Å². The smallest absolute Gasteiger partial charge is 0.238 e. The minimum absolute atomic E-state index is 0.0344. The molecule has 0 aliphatic heterocycles. The summed E-state index contributed by atoms with van der Waals surface area (Å²) in [6, 6.07) is 17.0. The molecule has 0 unspecified atom stereocenters. The van der Waals surface area contributed by atoms with Gasteiger partial charge >= 0.3 is 0 Å². The third-order valence-electron chi connectivity index (χ3n) is 4.06. The van der Waals surface area contributed by atoms with Crippen molar-refractivity contribution in [1.29, 1.82) is 5.26 Å². The molecule has 0 saturated carbocycles. The van der Waals surface area contributed by atoms with Gasteiger partial charge in [0.15, 0.2) is 0 Å². The van der Waals surface area contributed by atoms with Crippen molar-refractivity contribution in [2.75, 3.05) is 5.32 Å². The van der Waals surface area contributed by atoms with Crippen LogP contribution in [-0.2, 0) is 21.2 Å². The maximum absolute atomic E-state index is 12.3. The predicted octanol–water partition coefficient (Wildman–Crippen LogP) is 4.49. The van der Waals surface area contributed by atoms with Gasteiger partial charge in [-0.3, -0.25) is 4.79 Å². The van der Waals surface area contributed by atoms with Gasteiger partial charge in [-0.25, -0.2) is 13.6 Å². The summed E-state index contributed by atoms with van der Waals surface area (Å²) in [5, 5.41) is 17.4. The van der Waals surface area contributed by atoms with E-state index in [1.165, 1.54) is 36.4 Å². The molecule has 0 radical (unpaired) electrons. The molecule has 0 heterocycles. The standard InChI is InChI=1S/C21H15Cl2N3O4S/c22-15-7-14(12-24)8-17(11-15)30-20-6-1-13(9-19(20)23)10-21(27)26-16-2-4-18(5-3-16)31(25,28)29/h1-9,11H,10H2,(H,26,27)(H2,25,28,29). The van der Waals surface area contributed by atoms with Gasteiger partial charge in [-0.05, 0) is 60.2 Å². The lowest BCUT2D eigenvalue weighted by Gasteiger charge is -2.10. The summed E-state index contributed by atoms with van der Waals surface area (Å²) < 4.78 is 28.3. The fourth-order valence-electron chi connectivity index (χ4n) is 2.67. The highest BCUT2D eigenvalue weighted by molar-refractivity contribution is 7.89. The number of benzene rings is 3. The zero-order valence-corrected chi connectivity index (χ0v) is 18.1. The van der Waals surface area contributed by atoms with Crippen LogP contribution in [0.1, 0.15) is 11.1 Å². The number of hydrogen-bond donors (Lipinski definition) is 2. The lowest BCUT2D eigenvalue weighted by Crippen LogP contribution is -2.15. The third kappa shape index (κ3) is 6.20. The van der Waals surface area contributed by atoms with Gasteiger partial charge in [-0.15, -0.1) is 0 Å². The van der Waals surface area contributed by atoms with Crippen LogP contribution in [0.25, 0.3) is 0 Å². The van der Waals surface area contributed by atoms with Crippen molar-refractivity contribution < 1.29 is 17.9 Å². The van der Waals surface area contributed by atoms with Crippen molar-refractivity contribution in [2.24, 2.45) is 5.14 Å². The predicted molar refractivity (Wildman–Crippen MR) is 118 cm³/mol. The maximum atomic E-state index is 12.3. The quantitative estimate of drug-likeness (QED) is 0.543. The van der Waals surface area contributed by atoms with Crippen molar-refractivity contribution in [2.45, 2.75) is 11.3 Å². The Morgan fingerprint density at radius 2 is 1.77 bits per heavy atom. The Morgan fingerprint density at radius 3 is 2.39 bits per heavy atom. The average molecular weight is 476 g/mol. The topological polar surface area (TPSA) is 122 Å². The fraction of sp³-hybridized carbons (Fsp3) is 0.0476. The van der Waals surface area contributed by atoms with Crippen LogP contribution < -0.4 is 15.2 Å². The number of nitrogens with two attached hydrogens (primary N) is 1. The second-order valence-corrected chi connectivity index (χ2v) is 8.85. The molecule has 158 valence electrons. The van der Waals surface area contributed by atoms with Crippen LogP contribution in [0.5, 0.6) is 11.5 Å². The Bertz CT molecular complexity index is 1290. The summed E-state index contributed by atoms with van der Waals surface area (Å²) in [5.41, 5.74) is 1.42. The van der Waals surface area contributed by atoms with E-state index in [2.05, 4.69) is 5.32 Å². The van der Waals surface area contributed by atoms with Gasteiger partial charge in [0.2, 0.25) is 15.9 Å². The molecule has 0 aliphatic carbocycles. The van der Waals surface area contributed by atoms with E-state index in [9.17, 15) is 13.2 Å². The van der Waals surface area contributed by atoms with Crippen LogP contribution in [0, 0.1) is 11.3 Å². The number of amides is 1. The van der Waals surface area contributed by atoms with E-state index < -0.39 is 10.0 Å². The Morgan fingerprint density at radius 1 is 1.06 bits per heavy atom. The number of carbonyl (C=O) groups is 1. The molecule has 0 fully saturated rings. The Balaban J connectivity index is 1.67. The van der Waals surface area contributed by atoms with Gasteiger partial charge < -0.3 is 10.1 Å². The number of anilines is 1. The molecule has 7 nitrogen and oxygen atoms in total. The summed E-state index contributed by atoms with van der Waals surface area (Å²) in [6.07, 6.45) is 0.0344. The molecule has 0 aliphatic rings. The number of carbonyl (C=O) groups excluding carboxylic acids is 1.